The van der Waals surface area contributed by atoms with Crippen LogP contribution < -0.4 is 5.32 Å². The van der Waals surface area contributed by atoms with Crippen LogP contribution >= 0.6 is 0 Å². The Labute approximate surface area is 120 Å². The Morgan fingerprint density at radius 1 is 1.25 bits per heavy atom. The minimum Gasteiger partial charge on any atom is -0.396 e. The van der Waals surface area contributed by atoms with Crippen molar-refractivity contribution in [2.24, 2.45) is 0 Å². The lowest BCUT2D eigenvalue weighted by Crippen LogP contribution is -2.30. The van der Waals surface area contributed by atoms with E-state index in [9.17, 15) is 9.90 Å². The molecule has 0 bridgehead atoms. The number of amides is 1. The molecule has 0 aromatic heterocycles. The van der Waals surface area contributed by atoms with E-state index in [1.165, 1.54) is 18.4 Å². The van der Waals surface area contributed by atoms with Crippen LogP contribution in [0, 0.1) is 0 Å². The van der Waals surface area contributed by atoms with Crippen LogP contribution in [0.5, 0.6) is 0 Å². The lowest BCUT2D eigenvalue weighted by atomic mass is 10.0. The molecule has 3 nitrogen and oxygen atoms in total. The highest BCUT2D eigenvalue weighted by atomic mass is 16.3. The molecular formula is C17H23NO2. The number of hydrogen-bond acceptors (Lipinski definition) is 2. The van der Waals surface area contributed by atoms with Gasteiger partial charge in [-0.15, -0.1) is 0 Å². The van der Waals surface area contributed by atoms with Crippen LogP contribution in [0.2, 0.25) is 0 Å². The lowest BCUT2D eigenvalue weighted by molar-refractivity contribution is -0.118. The maximum atomic E-state index is 12.3. The van der Waals surface area contributed by atoms with Crippen molar-refractivity contribution in [1.82, 2.24) is 5.32 Å². The van der Waals surface area contributed by atoms with Gasteiger partial charge in [0.2, 0.25) is 5.91 Å². The average Bonchev–Trinajstić information content (AvgIpc) is 3.01. The molecule has 108 valence electrons. The van der Waals surface area contributed by atoms with E-state index in [1.54, 1.807) is 0 Å². The number of nitrogens with one attached hydrogen (secondary N) is 1. The molecule has 1 saturated carbocycles. The minimum atomic E-state index is -0.120. The number of benzene rings is 1. The molecule has 1 aromatic rings. The summed E-state index contributed by atoms with van der Waals surface area (Å²) in [4.78, 5) is 12.3. The van der Waals surface area contributed by atoms with E-state index < -0.39 is 0 Å². The minimum absolute atomic E-state index is 0.00389. The van der Waals surface area contributed by atoms with E-state index in [-0.39, 0.29) is 18.6 Å². The van der Waals surface area contributed by atoms with Crippen molar-refractivity contribution in [3.63, 3.8) is 0 Å². The summed E-state index contributed by atoms with van der Waals surface area (Å²) in [7, 11) is 0. The summed E-state index contributed by atoms with van der Waals surface area (Å²) in [6, 6.07) is 9.71. The van der Waals surface area contributed by atoms with Crippen LogP contribution in [0.3, 0.4) is 0 Å². The molecule has 20 heavy (non-hydrogen) atoms. The number of aliphatic hydroxyl groups excluding tert-OH is 1. The summed E-state index contributed by atoms with van der Waals surface area (Å²) in [5, 5.41) is 12.3. The SMILES string of the molecule is CC(C(=O)NC(CCO)c1ccccc1)=C1CCCC1. The van der Waals surface area contributed by atoms with Gasteiger partial charge in [0, 0.05) is 12.2 Å². The first kappa shape index (κ1) is 14.8. The van der Waals surface area contributed by atoms with Crippen molar-refractivity contribution in [3.05, 3.63) is 47.0 Å². The Balaban J connectivity index is 2.08. The zero-order valence-electron chi connectivity index (χ0n) is 12.1. The Hall–Kier alpha value is -1.61. The number of allylic oxidation sites excluding steroid dienone is 1. The third kappa shape index (κ3) is 3.70. The zero-order chi connectivity index (χ0) is 14.4. The largest absolute Gasteiger partial charge is 0.396 e. The van der Waals surface area contributed by atoms with Gasteiger partial charge in [0.25, 0.3) is 0 Å². The Bertz CT molecular complexity index is 471. The second-order valence-corrected chi connectivity index (χ2v) is 5.38. The van der Waals surface area contributed by atoms with Gasteiger partial charge in [-0.1, -0.05) is 35.9 Å². The van der Waals surface area contributed by atoms with Crippen molar-refractivity contribution >= 4 is 5.91 Å². The van der Waals surface area contributed by atoms with Gasteiger partial charge in [0.15, 0.2) is 0 Å². The highest BCUT2D eigenvalue weighted by molar-refractivity contribution is 5.93. The van der Waals surface area contributed by atoms with Crippen LogP contribution in [0.4, 0.5) is 0 Å². The summed E-state index contributed by atoms with van der Waals surface area (Å²) < 4.78 is 0. The lowest BCUT2D eigenvalue weighted by Gasteiger charge is -2.19. The van der Waals surface area contributed by atoms with Crippen LogP contribution in [0.15, 0.2) is 41.5 Å². The number of hydrogen-bond donors (Lipinski definition) is 2. The number of aliphatic hydroxyl groups is 1. The maximum Gasteiger partial charge on any atom is 0.247 e. The van der Waals surface area contributed by atoms with Gasteiger partial charge in [-0.3, -0.25) is 4.79 Å². The second kappa shape index (κ2) is 7.25. The van der Waals surface area contributed by atoms with Crippen molar-refractivity contribution in [1.29, 1.82) is 0 Å². The highest BCUT2D eigenvalue weighted by Gasteiger charge is 2.18. The van der Waals surface area contributed by atoms with Gasteiger partial charge < -0.3 is 10.4 Å². The summed E-state index contributed by atoms with van der Waals surface area (Å²) in [5.74, 6) is 0.00389. The smallest absolute Gasteiger partial charge is 0.247 e. The first-order chi connectivity index (χ1) is 9.72. The number of rotatable bonds is 5. The first-order valence-corrected chi connectivity index (χ1v) is 7.37. The highest BCUT2D eigenvalue weighted by Crippen LogP contribution is 2.27. The van der Waals surface area contributed by atoms with Crippen molar-refractivity contribution in [3.8, 4) is 0 Å². The summed E-state index contributed by atoms with van der Waals surface area (Å²) in [6.45, 7) is 1.98. The fourth-order valence-corrected chi connectivity index (χ4v) is 2.74. The van der Waals surface area contributed by atoms with Crippen LogP contribution in [-0.4, -0.2) is 17.6 Å². The molecule has 2 N–H and O–H groups in total. The number of carbonyl (C=O) groups is 1. The Kier molecular flexibility index (Phi) is 5.36. The quantitative estimate of drug-likeness (QED) is 0.810. The molecule has 0 saturated heterocycles. The maximum absolute atomic E-state index is 12.3. The van der Waals surface area contributed by atoms with Gasteiger partial charge in [-0.05, 0) is 44.6 Å². The summed E-state index contributed by atoms with van der Waals surface area (Å²) in [6.07, 6.45) is 5.03. The first-order valence-electron chi connectivity index (χ1n) is 7.37. The second-order valence-electron chi connectivity index (χ2n) is 5.38. The molecule has 0 aliphatic heterocycles. The summed E-state index contributed by atoms with van der Waals surface area (Å²) in [5.41, 5.74) is 3.19. The predicted octanol–water partition coefficient (Wildman–Crippen LogP) is 3.12. The molecule has 0 spiro atoms. The van der Waals surface area contributed by atoms with Gasteiger partial charge in [-0.25, -0.2) is 0 Å². The van der Waals surface area contributed by atoms with Crippen LogP contribution in [0.25, 0.3) is 0 Å². The van der Waals surface area contributed by atoms with Gasteiger partial charge in [-0.2, -0.15) is 0 Å². The fraction of sp³-hybridized carbons (Fsp3) is 0.471. The van der Waals surface area contributed by atoms with Crippen LogP contribution in [0.1, 0.15) is 50.6 Å². The van der Waals surface area contributed by atoms with E-state index in [2.05, 4.69) is 5.32 Å². The molecule has 2 rings (SSSR count). The third-order valence-electron chi connectivity index (χ3n) is 4.00. The van der Waals surface area contributed by atoms with E-state index >= 15 is 0 Å². The van der Waals surface area contributed by atoms with E-state index in [0.717, 1.165) is 24.0 Å². The molecule has 0 radical (unpaired) electrons. The van der Waals surface area contributed by atoms with E-state index in [0.29, 0.717) is 6.42 Å². The summed E-state index contributed by atoms with van der Waals surface area (Å²) >= 11 is 0. The molecule has 1 aliphatic rings. The molecule has 3 heteroatoms. The molecule has 1 aliphatic carbocycles. The van der Waals surface area contributed by atoms with Gasteiger partial charge in [0.05, 0.1) is 6.04 Å². The Morgan fingerprint density at radius 3 is 2.50 bits per heavy atom. The zero-order valence-corrected chi connectivity index (χ0v) is 12.1. The molecule has 1 atom stereocenters. The Morgan fingerprint density at radius 2 is 1.90 bits per heavy atom. The van der Waals surface area contributed by atoms with Gasteiger partial charge in [0.1, 0.15) is 0 Å². The van der Waals surface area contributed by atoms with E-state index in [1.807, 2.05) is 37.3 Å². The van der Waals surface area contributed by atoms with Crippen molar-refractivity contribution in [2.45, 2.75) is 45.1 Å². The van der Waals surface area contributed by atoms with Crippen molar-refractivity contribution in [2.75, 3.05) is 6.61 Å². The van der Waals surface area contributed by atoms with Gasteiger partial charge >= 0.3 is 0 Å². The standard InChI is InChI=1S/C17H23NO2/c1-13(14-7-5-6-8-14)17(20)18-16(11-12-19)15-9-3-2-4-10-15/h2-4,9-10,16,19H,5-8,11-12H2,1H3,(H,18,20). The topological polar surface area (TPSA) is 49.3 Å². The predicted molar refractivity (Wildman–Crippen MR) is 80.2 cm³/mol. The molecule has 1 aromatic carbocycles. The van der Waals surface area contributed by atoms with Crippen molar-refractivity contribution < 1.29 is 9.90 Å². The molecule has 1 fully saturated rings. The normalized spacial score (nSPS) is 16.0. The molecule has 1 amide bonds. The van der Waals surface area contributed by atoms with Crippen LogP contribution in [-0.2, 0) is 4.79 Å². The number of carbonyl (C=O) groups excluding carboxylic acids is 1. The fourth-order valence-electron chi connectivity index (χ4n) is 2.74. The average molecular weight is 273 g/mol. The molecule has 1 unspecified atom stereocenters. The molecular weight excluding hydrogens is 250 g/mol. The molecule has 0 heterocycles. The third-order valence-corrected chi connectivity index (χ3v) is 4.00. The monoisotopic (exact) mass is 273 g/mol. The van der Waals surface area contributed by atoms with E-state index in [4.69, 9.17) is 0 Å².